The van der Waals surface area contributed by atoms with Gasteiger partial charge in [-0.25, -0.2) is 14.2 Å². The van der Waals surface area contributed by atoms with Crippen molar-refractivity contribution in [3.8, 4) is 0 Å². The average Bonchev–Trinajstić information content (AvgIpc) is 2.31. The molecule has 0 saturated carbocycles. The Bertz CT molecular complexity index is 520. The molecule has 1 atom stereocenters. The van der Waals surface area contributed by atoms with Crippen LogP contribution in [0.15, 0.2) is 36.5 Å². The van der Waals surface area contributed by atoms with Crippen molar-refractivity contribution in [1.29, 1.82) is 0 Å². The van der Waals surface area contributed by atoms with Crippen molar-refractivity contribution >= 4 is 0 Å². The molecule has 0 amide bonds. The van der Waals surface area contributed by atoms with Crippen LogP contribution in [0.5, 0.6) is 0 Å². The summed E-state index contributed by atoms with van der Waals surface area (Å²) in [5, 5.41) is 0. The Kier molecular flexibility index (Phi) is 3.64. The third-order valence-corrected chi connectivity index (χ3v) is 2.65. The summed E-state index contributed by atoms with van der Waals surface area (Å²) in [6, 6.07) is 6.44. The summed E-state index contributed by atoms with van der Waals surface area (Å²) in [7, 11) is 0. The van der Waals surface area contributed by atoms with Gasteiger partial charge in [0.05, 0.1) is 6.04 Å². The smallest absolute Gasteiger partial charge is 0.126 e. The summed E-state index contributed by atoms with van der Waals surface area (Å²) in [6.07, 6.45) is 1.63. The van der Waals surface area contributed by atoms with Gasteiger partial charge in [-0.3, -0.25) is 10.8 Å². The van der Waals surface area contributed by atoms with Crippen LogP contribution < -0.4 is 11.3 Å². The Balaban J connectivity index is 2.41. The largest absolute Gasteiger partial charge is 0.271 e. The quantitative estimate of drug-likeness (QED) is 0.647. The highest BCUT2D eigenvalue weighted by Crippen LogP contribution is 2.22. The third kappa shape index (κ3) is 2.69. The number of nitrogens with two attached hydrogens (primary N) is 1. The van der Waals surface area contributed by atoms with Crippen molar-refractivity contribution in [1.82, 2.24) is 10.4 Å². The number of hydrogen-bond acceptors (Lipinski definition) is 3. The molecule has 5 heteroatoms. The number of aryl methyl sites for hydroxylation is 1. The van der Waals surface area contributed by atoms with Crippen molar-refractivity contribution in [2.45, 2.75) is 13.0 Å². The van der Waals surface area contributed by atoms with Crippen LogP contribution in [0.25, 0.3) is 0 Å². The minimum Gasteiger partial charge on any atom is -0.271 e. The minimum absolute atomic E-state index is 0.417. The lowest BCUT2D eigenvalue weighted by Gasteiger charge is -2.16. The molecule has 0 aliphatic carbocycles. The Hall–Kier alpha value is -1.85. The van der Waals surface area contributed by atoms with Gasteiger partial charge in [0.2, 0.25) is 0 Å². The van der Waals surface area contributed by atoms with E-state index >= 15 is 0 Å². The molecule has 0 aliphatic rings. The Morgan fingerprint density at radius 1 is 1.11 bits per heavy atom. The second-order valence-electron chi connectivity index (χ2n) is 4.04. The van der Waals surface area contributed by atoms with E-state index in [1.54, 1.807) is 6.20 Å². The number of pyridine rings is 1. The molecule has 1 heterocycles. The normalized spacial score (nSPS) is 12.4. The maximum absolute atomic E-state index is 13.2. The first kappa shape index (κ1) is 12.6. The monoisotopic (exact) mass is 249 g/mol. The number of hydrazine groups is 1. The molecule has 0 bridgehead atoms. The van der Waals surface area contributed by atoms with Crippen molar-refractivity contribution < 1.29 is 8.78 Å². The molecule has 1 aromatic heterocycles. The highest BCUT2D eigenvalue weighted by molar-refractivity contribution is 5.31. The first-order valence-corrected chi connectivity index (χ1v) is 5.45. The fraction of sp³-hybridized carbons (Fsp3) is 0.154. The van der Waals surface area contributed by atoms with Crippen molar-refractivity contribution in [3.05, 3.63) is 65.0 Å². The molecular formula is C13H13F2N3. The molecule has 0 fully saturated rings. The van der Waals surface area contributed by atoms with Gasteiger partial charge in [0.25, 0.3) is 0 Å². The fourth-order valence-corrected chi connectivity index (χ4v) is 1.78. The molecule has 94 valence electrons. The van der Waals surface area contributed by atoms with Crippen LogP contribution in [0, 0.1) is 18.6 Å². The van der Waals surface area contributed by atoms with Crippen molar-refractivity contribution in [2.24, 2.45) is 5.84 Å². The molecule has 1 unspecified atom stereocenters. The maximum Gasteiger partial charge on any atom is 0.126 e. The van der Waals surface area contributed by atoms with Gasteiger partial charge < -0.3 is 0 Å². The van der Waals surface area contributed by atoms with Gasteiger partial charge in [0, 0.05) is 18.0 Å². The predicted octanol–water partition coefficient (Wildman–Crippen LogP) is 2.22. The van der Waals surface area contributed by atoms with Gasteiger partial charge in [-0.15, -0.1) is 0 Å². The van der Waals surface area contributed by atoms with E-state index in [1.165, 1.54) is 12.1 Å². The van der Waals surface area contributed by atoms with E-state index in [1.807, 2.05) is 19.1 Å². The summed E-state index contributed by atoms with van der Waals surface area (Å²) in [6.45, 7) is 1.86. The number of nitrogens with zero attached hydrogens (tertiary/aromatic N) is 1. The Morgan fingerprint density at radius 3 is 2.28 bits per heavy atom. The summed E-state index contributed by atoms with van der Waals surface area (Å²) < 4.78 is 26.4. The van der Waals surface area contributed by atoms with Crippen LogP contribution in [0.2, 0.25) is 0 Å². The van der Waals surface area contributed by atoms with E-state index in [-0.39, 0.29) is 0 Å². The van der Waals surface area contributed by atoms with Crippen molar-refractivity contribution in [3.63, 3.8) is 0 Å². The molecular weight excluding hydrogens is 236 g/mol. The van der Waals surface area contributed by atoms with Crippen LogP contribution in [-0.4, -0.2) is 4.98 Å². The zero-order valence-electron chi connectivity index (χ0n) is 9.82. The first-order chi connectivity index (χ1) is 8.60. The summed E-state index contributed by atoms with van der Waals surface area (Å²) >= 11 is 0. The number of benzene rings is 1. The summed E-state index contributed by atoms with van der Waals surface area (Å²) in [4.78, 5) is 4.14. The molecule has 2 rings (SSSR count). The SMILES string of the molecule is Cc1ccc(C(NN)c2cc(F)cc(F)c2)cn1. The molecule has 0 spiro atoms. The first-order valence-electron chi connectivity index (χ1n) is 5.45. The molecule has 0 saturated heterocycles. The Morgan fingerprint density at radius 2 is 1.78 bits per heavy atom. The van der Waals surface area contributed by atoms with E-state index < -0.39 is 17.7 Å². The Labute approximate surface area is 104 Å². The van der Waals surface area contributed by atoms with Gasteiger partial charge in [-0.05, 0) is 36.2 Å². The second-order valence-corrected chi connectivity index (χ2v) is 4.04. The van der Waals surface area contributed by atoms with Crippen LogP contribution in [0.3, 0.4) is 0 Å². The highest BCUT2D eigenvalue weighted by Gasteiger charge is 2.14. The highest BCUT2D eigenvalue weighted by atomic mass is 19.1. The number of halogens is 2. The fourth-order valence-electron chi connectivity index (χ4n) is 1.78. The van der Waals surface area contributed by atoms with Gasteiger partial charge >= 0.3 is 0 Å². The van der Waals surface area contributed by atoms with Gasteiger partial charge in [0.1, 0.15) is 11.6 Å². The lowest BCUT2D eigenvalue weighted by molar-refractivity contribution is 0.565. The van der Waals surface area contributed by atoms with Crippen molar-refractivity contribution in [2.75, 3.05) is 0 Å². The molecule has 1 aromatic carbocycles. The minimum atomic E-state index is -0.634. The summed E-state index contributed by atoms with van der Waals surface area (Å²) in [5.74, 6) is 4.18. The van der Waals surface area contributed by atoms with E-state index in [0.717, 1.165) is 17.3 Å². The van der Waals surface area contributed by atoms with E-state index in [0.29, 0.717) is 5.56 Å². The average molecular weight is 249 g/mol. The van der Waals surface area contributed by atoms with Crippen LogP contribution in [-0.2, 0) is 0 Å². The van der Waals surface area contributed by atoms with Gasteiger partial charge in [-0.1, -0.05) is 6.07 Å². The third-order valence-electron chi connectivity index (χ3n) is 2.65. The van der Waals surface area contributed by atoms with Crippen LogP contribution in [0.4, 0.5) is 8.78 Å². The van der Waals surface area contributed by atoms with E-state index in [2.05, 4.69) is 10.4 Å². The molecule has 2 aromatic rings. The number of aromatic nitrogens is 1. The molecule has 3 nitrogen and oxygen atoms in total. The lowest BCUT2D eigenvalue weighted by Crippen LogP contribution is -2.29. The zero-order valence-corrected chi connectivity index (χ0v) is 9.82. The standard InChI is InChI=1S/C13H13F2N3/c1-8-2-3-9(7-17-8)13(18-16)10-4-11(14)6-12(15)5-10/h2-7,13,18H,16H2,1H3. The maximum atomic E-state index is 13.2. The molecule has 0 aliphatic heterocycles. The number of hydrogen-bond donors (Lipinski definition) is 2. The molecule has 18 heavy (non-hydrogen) atoms. The van der Waals surface area contributed by atoms with Gasteiger partial charge in [-0.2, -0.15) is 0 Å². The number of nitrogens with one attached hydrogen (secondary N) is 1. The predicted molar refractivity (Wildman–Crippen MR) is 64.5 cm³/mol. The lowest BCUT2D eigenvalue weighted by atomic mass is 10.0. The molecule has 0 radical (unpaired) electrons. The topological polar surface area (TPSA) is 50.9 Å². The number of rotatable bonds is 3. The van der Waals surface area contributed by atoms with Gasteiger partial charge in [0.15, 0.2) is 0 Å². The van der Waals surface area contributed by atoms with Crippen LogP contribution in [0.1, 0.15) is 22.9 Å². The van der Waals surface area contributed by atoms with E-state index in [4.69, 9.17) is 5.84 Å². The molecule has 3 N–H and O–H groups in total. The zero-order chi connectivity index (χ0) is 13.1. The van der Waals surface area contributed by atoms with E-state index in [9.17, 15) is 8.78 Å². The second kappa shape index (κ2) is 5.20. The summed E-state index contributed by atoms with van der Waals surface area (Å²) in [5.41, 5.74) is 4.56. The van der Waals surface area contributed by atoms with Crippen LogP contribution >= 0.6 is 0 Å².